The Morgan fingerprint density at radius 2 is 1.64 bits per heavy atom. The van der Waals surface area contributed by atoms with E-state index in [-0.39, 0.29) is 0 Å². The molecule has 0 bridgehead atoms. The Balaban J connectivity index is 0.000000461. The molecule has 0 aliphatic rings. The zero-order chi connectivity index (χ0) is 10.4. The first-order chi connectivity index (χ1) is 6.88. The maximum absolute atomic E-state index is 4.20. The number of nitrogens with zero attached hydrogens (tertiary/aromatic N) is 2. The Morgan fingerprint density at radius 3 is 2.14 bits per heavy atom. The molecule has 2 rings (SSSR count). The van der Waals surface area contributed by atoms with Crippen LogP contribution in [0.25, 0.3) is 5.69 Å². The summed E-state index contributed by atoms with van der Waals surface area (Å²) in [6.45, 7) is 6.04. The highest BCUT2D eigenvalue weighted by Crippen LogP contribution is 2.07. The quantitative estimate of drug-likeness (QED) is 0.672. The molecule has 0 aliphatic heterocycles. The van der Waals surface area contributed by atoms with Gasteiger partial charge in [-0.2, -0.15) is 5.10 Å². The SMILES string of the molecule is CC.Cc1ccnn1-c1ccccc1. The molecule has 2 nitrogen and oxygen atoms in total. The Hall–Kier alpha value is -1.57. The summed E-state index contributed by atoms with van der Waals surface area (Å²) in [7, 11) is 0. The molecule has 0 aliphatic carbocycles. The fraction of sp³-hybridized carbons (Fsp3) is 0.250. The summed E-state index contributed by atoms with van der Waals surface area (Å²) >= 11 is 0. The van der Waals surface area contributed by atoms with Gasteiger partial charge in [-0.15, -0.1) is 0 Å². The predicted octanol–water partition coefficient (Wildman–Crippen LogP) is 3.21. The number of hydrogen-bond donors (Lipinski definition) is 0. The van der Waals surface area contributed by atoms with Crippen molar-refractivity contribution in [1.82, 2.24) is 9.78 Å². The molecule has 0 saturated carbocycles. The molecule has 0 amide bonds. The number of aryl methyl sites for hydroxylation is 1. The van der Waals surface area contributed by atoms with Crippen molar-refractivity contribution in [3.63, 3.8) is 0 Å². The Labute approximate surface area is 85.2 Å². The molecule has 0 fully saturated rings. The van der Waals surface area contributed by atoms with E-state index in [9.17, 15) is 0 Å². The van der Waals surface area contributed by atoms with Crippen molar-refractivity contribution in [3.05, 3.63) is 48.3 Å². The summed E-state index contributed by atoms with van der Waals surface area (Å²) in [4.78, 5) is 0. The van der Waals surface area contributed by atoms with Crippen molar-refractivity contribution in [2.75, 3.05) is 0 Å². The first-order valence-electron chi connectivity index (χ1n) is 4.94. The number of aromatic nitrogens is 2. The maximum Gasteiger partial charge on any atom is 0.0648 e. The van der Waals surface area contributed by atoms with Gasteiger partial charge in [-0.05, 0) is 25.1 Å². The number of para-hydroxylation sites is 1. The number of benzene rings is 1. The molecule has 0 atom stereocenters. The van der Waals surface area contributed by atoms with Crippen LogP contribution in [0, 0.1) is 6.92 Å². The van der Waals surface area contributed by atoms with Crippen LogP contribution in [0.5, 0.6) is 0 Å². The minimum atomic E-state index is 1.11. The standard InChI is InChI=1S/C10H10N2.C2H6/c1-9-7-8-11-12(9)10-5-3-2-4-6-10;1-2/h2-8H,1H3;1-2H3. The van der Waals surface area contributed by atoms with Crippen molar-refractivity contribution in [1.29, 1.82) is 0 Å². The van der Waals surface area contributed by atoms with Gasteiger partial charge in [0.05, 0.1) is 5.69 Å². The molecule has 0 saturated heterocycles. The van der Waals surface area contributed by atoms with Gasteiger partial charge in [0.2, 0.25) is 0 Å². The fourth-order valence-electron chi connectivity index (χ4n) is 1.21. The van der Waals surface area contributed by atoms with Crippen molar-refractivity contribution in [2.24, 2.45) is 0 Å². The van der Waals surface area contributed by atoms with Gasteiger partial charge in [0, 0.05) is 11.9 Å². The third kappa shape index (κ3) is 2.22. The second-order valence-corrected chi connectivity index (χ2v) is 2.72. The Kier molecular flexibility index (Phi) is 3.92. The van der Waals surface area contributed by atoms with Crippen LogP contribution in [-0.4, -0.2) is 9.78 Å². The van der Waals surface area contributed by atoms with E-state index in [1.54, 1.807) is 0 Å². The van der Waals surface area contributed by atoms with Gasteiger partial charge >= 0.3 is 0 Å². The van der Waals surface area contributed by atoms with Crippen molar-refractivity contribution in [3.8, 4) is 5.69 Å². The lowest BCUT2D eigenvalue weighted by atomic mass is 10.3. The van der Waals surface area contributed by atoms with Crippen LogP contribution in [0.3, 0.4) is 0 Å². The van der Waals surface area contributed by atoms with Crippen LogP contribution in [0.1, 0.15) is 19.5 Å². The fourth-order valence-corrected chi connectivity index (χ4v) is 1.21. The van der Waals surface area contributed by atoms with E-state index in [1.807, 2.05) is 68.0 Å². The summed E-state index contributed by atoms with van der Waals surface area (Å²) in [5.74, 6) is 0. The topological polar surface area (TPSA) is 17.8 Å². The van der Waals surface area contributed by atoms with Gasteiger partial charge in [-0.1, -0.05) is 32.0 Å². The van der Waals surface area contributed by atoms with Crippen molar-refractivity contribution in [2.45, 2.75) is 20.8 Å². The molecule has 2 aromatic rings. The van der Waals surface area contributed by atoms with Crippen molar-refractivity contribution >= 4 is 0 Å². The molecule has 0 N–H and O–H groups in total. The monoisotopic (exact) mass is 188 g/mol. The molecule has 0 unspecified atom stereocenters. The van der Waals surface area contributed by atoms with Gasteiger partial charge in [-0.25, -0.2) is 4.68 Å². The van der Waals surface area contributed by atoms with E-state index < -0.39 is 0 Å². The van der Waals surface area contributed by atoms with E-state index in [4.69, 9.17) is 0 Å². The van der Waals surface area contributed by atoms with Crippen LogP contribution in [0.2, 0.25) is 0 Å². The molecule has 2 heteroatoms. The zero-order valence-electron chi connectivity index (χ0n) is 8.94. The van der Waals surface area contributed by atoms with Crippen LogP contribution in [-0.2, 0) is 0 Å². The molecule has 1 heterocycles. The normalized spacial score (nSPS) is 9.07. The summed E-state index contributed by atoms with van der Waals surface area (Å²) in [5.41, 5.74) is 2.26. The average Bonchev–Trinajstić information content (AvgIpc) is 2.69. The summed E-state index contributed by atoms with van der Waals surface area (Å²) < 4.78 is 1.92. The third-order valence-electron chi connectivity index (χ3n) is 1.83. The van der Waals surface area contributed by atoms with Gasteiger partial charge < -0.3 is 0 Å². The Morgan fingerprint density at radius 1 is 1.00 bits per heavy atom. The van der Waals surface area contributed by atoms with Crippen LogP contribution >= 0.6 is 0 Å². The molecular formula is C12H16N2. The van der Waals surface area contributed by atoms with Crippen LogP contribution in [0.15, 0.2) is 42.6 Å². The molecular weight excluding hydrogens is 172 g/mol. The highest BCUT2D eigenvalue weighted by Gasteiger charge is 1.97. The third-order valence-corrected chi connectivity index (χ3v) is 1.83. The molecule has 1 aromatic heterocycles. The molecule has 0 spiro atoms. The first-order valence-corrected chi connectivity index (χ1v) is 4.94. The van der Waals surface area contributed by atoms with Crippen LogP contribution in [0.4, 0.5) is 0 Å². The van der Waals surface area contributed by atoms with E-state index in [1.165, 1.54) is 0 Å². The summed E-state index contributed by atoms with van der Waals surface area (Å²) in [6, 6.07) is 12.1. The van der Waals surface area contributed by atoms with Gasteiger partial charge in [0.1, 0.15) is 0 Å². The predicted molar refractivity (Wildman–Crippen MR) is 59.6 cm³/mol. The van der Waals surface area contributed by atoms with E-state index in [0.717, 1.165) is 11.4 Å². The highest BCUT2D eigenvalue weighted by molar-refractivity contribution is 5.31. The van der Waals surface area contributed by atoms with Crippen molar-refractivity contribution < 1.29 is 0 Å². The molecule has 0 radical (unpaired) electrons. The lowest BCUT2D eigenvalue weighted by Gasteiger charge is -2.02. The molecule has 14 heavy (non-hydrogen) atoms. The smallest absolute Gasteiger partial charge is 0.0648 e. The minimum Gasteiger partial charge on any atom is -0.238 e. The zero-order valence-corrected chi connectivity index (χ0v) is 8.94. The summed E-state index contributed by atoms with van der Waals surface area (Å²) in [6.07, 6.45) is 1.81. The molecule has 1 aromatic carbocycles. The number of rotatable bonds is 1. The number of hydrogen-bond acceptors (Lipinski definition) is 1. The first kappa shape index (κ1) is 10.5. The summed E-state index contributed by atoms with van der Waals surface area (Å²) in [5, 5.41) is 4.20. The maximum atomic E-state index is 4.20. The highest BCUT2D eigenvalue weighted by atomic mass is 15.3. The van der Waals surface area contributed by atoms with E-state index in [2.05, 4.69) is 5.10 Å². The van der Waals surface area contributed by atoms with E-state index >= 15 is 0 Å². The van der Waals surface area contributed by atoms with Crippen LogP contribution < -0.4 is 0 Å². The van der Waals surface area contributed by atoms with E-state index in [0.29, 0.717) is 0 Å². The largest absolute Gasteiger partial charge is 0.238 e. The lowest BCUT2D eigenvalue weighted by Crippen LogP contribution is -1.97. The average molecular weight is 188 g/mol. The Bertz CT molecular complexity index is 363. The lowest BCUT2D eigenvalue weighted by molar-refractivity contribution is 0.847. The second-order valence-electron chi connectivity index (χ2n) is 2.72. The second kappa shape index (κ2) is 5.22. The van der Waals surface area contributed by atoms with Gasteiger partial charge in [0.25, 0.3) is 0 Å². The van der Waals surface area contributed by atoms with Gasteiger partial charge in [-0.3, -0.25) is 0 Å². The minimum absolute atomic E-state index is 1.11. The van der Waals surface area contributed by atoms with Gasteiger partial charge in [0.15, 0.2) is 0 Å². The molecule has 74 valence electrons.